The van der Waals surface area contributed by atoms with Crippen molar-refractivity contribution in [1.29, 1.82) is 0 Å². The Morgan fingerprint density at radius 2 is 2.33 bits per heavy atom. The van der Waals surface area contributed by atoms with Crippen molar-refractivity contribution in [3.63, 3.8) is 0 Å². The van der Waals surface area contributed by atoms with Crippen LogP contribution in [0.15, 0.2) is 0 Å². The highest BCUT2D eigenvalue weighted by molar-refractivity contribution is 4.82. The maximum Gasteiger partial charge on any atom is 0.0616 e. The Morgan fingerprint density at radius 3 is 2.93 bits per heavy atom. The first kappa shape index (κ1) is 12.9. The standard InChI is InChI=1S/C11H24N2O2/c1-15-8-11(5-6-14)13-10-4-2-3-9(12)7-10/h9-11,13-14H,2-8,12H2,1H3. The van der Waals surface area contributed by atoms with Gasteiger partial charge in [-0.3, -0.25) is 0 Å². The molecule has 1 saturated carbocycles. The van der Waals surface area contributed by atoms with Gasteiger partial charge in [-0.05, 0) is 25.7 Å². The lowest BCUT2D eigenvalue weighted by Gasteiger charge is -2.31. The molecule has 4 heteroatoms. The van der Waals surface area contributed by atoms with Crippen molar-refractivity contribution in [3.05, 3.63) is 0 Å². The van der Waals surface area contributed by atoms with E-state index in [0.717, 1.165) is 19.3 Å². The third kappa shape index (κ3) is 4.93. The summed E-state index contributed by atoms with van der Waals surface area (Å²) in [6, 6.07) is 1.10. The van der Waals surface area contributed by atoms with Crippen molar-refractivity contribution >= 4 is 0 Å². The van der Waals surface area contributed by atoms with E-state index in [9.17, 15) is 0 Å². The fourth-order valence-electron chi connectivity index (χ4n) is 2.28. The molecule has 3 atom stereocenters. The van der Waals surface area contributed by atoms with Gasteiger partial charge in [0.2, 0.25) is 0 Å². The second-order valence-corrected chi connectivity index (χ2v) is 4.45. The molecular weight excluding hydrogens is 192 g/mol. The molecule has 1 rings (SSSR count). The minimum absolute atomic E-state index is 0.208. The van der Waals surface area contributed by atoms with E-state index in [1.165, 1.54) is 12.8 Å². The van der Waals surface area contributed by atoms with Crippen LogP contribution >= 0.6 is 0 Å². The Balaban J connectivity index is 2.28. The van der Waals surface area contributed by atoms with Crippen LogP contribution in [0, 0.1) is 0 Å². The molecule has 4 N–H and O–H groups in total. The van der Waals surface area contributed by atoms with Gasteiger partial charge in [-0.1, -0.05) is 6.42 Å². The highest BCUT2D eigenvalue weighted by Gasteiger charge is 2.21. The van der Waals surface area contributed by atoms with E-state index >= 15 is 0 Å². The molecule has 1 aliphatic carbocycles. The number of hydrogen-bond acceptors (Lipinski definition) is 4. The molecule has 0 aromatic heterocycles. The van der Waals surface area contributed by atoms with E-state index in [2.05, 4.69) is 5.32 Å². The average molecular weight is 216 g/mol. The quantitative estimate of drug-likeness (QED) is 0.595. The van der Waals surface area contributed by atoms with Crippen molar-refractivity contribution in [2.45, 2.75) is 50.2 Å². The molecule has 15 heavy (non-hydrogen) atoms. The maximum atomic E-state index is 8.92. The molecule has 1 fully saturated rings. The zero-order valence-corrected chi connectivity index (χ0v) is 9.61. The second kappa shape index (κ2) is 7.17. The number of hydrogen-bond donors (Lipinski definition) is 3. The van der Waals surface area contributed by atoms with E-state index < -0.39 is 0 Å². The topological polar surface area (TPSA) is 67.5 Å². The predicted octanol–water partition coefficient (Wildman–Crippen LogP) is 0.243. The smallest absolute Gasteiger partial charge is 0.0616 e. The van der Waals surface area contributed by atoms with Gasteiger partial charge < -0.3 is 20.9 Å². The number of aliphatic hydroxyl groups is 1. The van der Waals surface area contributed by atoms with Gasteiger partial charge in [0.25, 0.3) is 0 Å². The van der Waals surface area contributed by atoms with Crippen LogP contribution in [0.5, 0.6) is 0 Å². The summed E-state index contributed by atoms with van der Waals surface area (Å²) in [5.74, 6) is 0. The van der Waals surface area contributed by atoms with E-state index in [1.54, 1.807) is 7.11 Å². The van der Waals surface area contributed by atoms with Gasteiger partial charge in [0.15, 0.2) is 0 Å². The number of methoxy groups -OCH3 is 1. The van der Waals surface area contributed by atoms with Crippen LogP contribution in [0.3, 0.4) is 0 Å². The van der Waals surface area contributed by atoms with E-state index in [0.29, 0.717) is 18.7 Å². The fraction of sp³-hybridized carbons (Fsp3) is 1.00. The Bertz CT molecular complexity index is 158. The summed E-state index contributed by atoms with van der Waals surface area (Å²) in [5, 5.41) is 12.4. The Kier molecular flexibility index (Phi) is 6.17. The molecule has 0 radical (unpaired) electrons. The molecule has 4 nitrogen and oxygen atoms in total. The van der Waals surface area contributed by atoms with E-state index in [4.69, 9.17) is 15.6 Å². The van der Waals surface area contributed by atoms with Crippen LogP contribution < -0.4 is 11.1 Å². The molecule has 0 amide bonds. The van der Waals surface area contributed by atoms with Crippen LogP contribution in [0.1, 0.15) is 32.1 Å². The first-order valence-electron chi connectivity index (χ1n) is 5.87. The largest absolute Gasteiger partial charge is 0.396 e. The minimum atomic E-state index is 0.208. The molecular formula is C11H24N2O2. The van der Waals surface area contributed by atoms with Gasteiger partial charge in [-0.2, -0.15) is 0 Å². The van der Waals surface area contributed by atoms with Crippen molar-refractivity contribution in [2.24, 2.45) is 5.73 Å². The highest BCUT2D eigenvalue weighted by atomic mass is 16.5. The number of rotatable bonds is 6. The first-order chi connectivity index (χ1) is 7.26. The molecule has 0 saturated heterocycles. The number of nitrogens with two attached hydrogens (primary N) is 1. The molecule has 0 aliphatic heterocycles. The summed E-state index contributed by atoms with van der Waals surface area (Å²) in [6.45, 7) is 0.867. The molecule has 1 aliphatic rings. The van der Waals surface area contributed by atoms with Crippen LogP contribution in [0.4, 0.5) is 0 Å². The lowest BCUT2D eigenvalue weighted by Crippen LogP contribution is -2.46. The normalized spacial score (nSPS) is 29.0. The first-order valence-corrected chi connectivity index (χ1v) is 5.87. The summed E-state index contributed by atoms with van der Waals surface area (Å²) in [7, 11) is 1.69. The molecule has 0 heterocycles. The average Bonchev–Trinajstić information content (AvgIpc) is 2.18. The summed E-state index contributed by atoms with van der Waals surface area (Å²) in [5.41, 5.74) is 5.93. The van der Waals surface area contributed by atoms with Gasteiger partial charge in [0.1, 0.15) is 0 Å². The summed E-state index contributed by atoms with van der Waals surface area (Å²) in [6.07, 6.45) is 5.34. The zero-order chi connectivity index (χ0) is 11.1. The third-order valence-corrected chi connectivity index (χ3v) is 3.03. The highest BCUT2D eigenvalue weighted by Crippen LogP contribution is 2.17. The van der Waals surface area contributed by atoms with Crippen molar-refractivity contribution in [2.75, 3.05) is 20.3 Å². The lowest BCUT2D eigenvalue weighted by molar-refractivity contribution is 0.137. The van der Waals surface area contributed by atoms with Crippen LogP contribution in [0.25, 0.3) is 0 Å². The molecule has 0 spiro atoms. The van der Waals surface area contributed by atoms with Crippen LogP contribution in [-0.4, -0.2) is 43.6 Å². The SMILES string of the molecule is COCC(CCO)NC1CCCC(N)C1. The van der Waals surface area contributed by atoms with E-state index in [1.807, 2.05) is 0 Å². The number of aliphatic hydroxyl groups excluding tert-OH is 1. The summed E-state index contributed by atoms with van der Waals surface area (Å²) >= 11 is 0. The van der Waals surface area contributed by atoms with Crippen molar-refractivity contribution in [1.82, 2.24) is 5.32 Å². The summed E-state index contributed by atoms with van der Waals surface area (Å²) in [4.78, 5) is 0. The zero-order valence-electron chi connectivity index (χ0n) is 9.61. The Hall–Kier alpha value is -0.160. The minimum Gasteiger partial charge on any atom is -0.396 e. The van der Waals surface area contributed by atoms with Gasteiger partial charge in [-0.25, -0.2) is 0 Å². The molecule has 3 unspecified atom stereocenters. The van der Waals surface area contributed by atoms with Crippen molar-refractivity contribution < 1.29 is 9.84 Å². The summed E-state index contributed by atoms with van der Waals surface area (Å²) < 4.78 is 5.12. The number of nitrogens with one attached hydrogen (secondary N) is 1. The predicted molar refractivity (Wildman–Crippen MR) is 60.7 cm³/mol. The second-order valence-electron chi connectivity index (χ2n) is 4.45. The van der Waals surface area contributed by atoms with Gasteiger partial charge in [0.05, 0.1) is 6.61 Å². The molecule has 0 aromatic carbocycles. The van der Waals surface area contributed by atoms with Crippen LogP contribution in [-0.2, 0) is 4.74 Å². The third-order valence-electron chi connectivity index (χ3n) is 3.03. The molecule has 0 bridgehead atoms. The molecule has 0 aromatic rings. The Morgan fingerprint density at radius 1 is 1.53 bits per heavy atom. The maximum absolute atomic E-state index is 8.92. The fourth-order valence-corrected chi connectivity index (χ4v) is 2.28. The Labute approximate surface area is 92.2 Å². The monoisotopic (exact) mass is 216 g/mol. The van der Waals surface area contributed by atoms with Crippen molar-refractivity contribution in [3.8, 4) is 0 Å². The van der Waals surface area contributed by atoms with Crippen LogP contribution in [0.2, 0.25) is 0 Å². The van der Waals surface area contributed by atoms with Gasteiger partial charge >= 0.3 is 0 Å². The number of ether oxygens (including phenoxy) is 1. The van der Waals surface area contributed by atoms with Gasteiger partial charge in [-0.15, -0.1) is 0 Å². The molecule has 90 valence electrons. The van der Waals surface area contributed by atoms with Gasteiger partial charge in [0, 0.05) is 31.8 Å². The lowest BCUT2D eigenvalue weighted by atomic mass is 9.91. The van der Waals surface area contributed by atoms with E-state index in [-0.39, 0.29) is 12.6 Å².